The number of amides is 1. The van der Waals surface area contributed by atoms with Crippen LogP contribution in [0.3, 0.4) is 0 Å². The number of ether oxygens (including phenoxy) is 1. The van der Waals surface area contributed by atoms with Gasteiger partial charge >= 0.3 is 0 Å². The maximum absolute atomic E-state index is 11.9. The zero-order chi connectivity index (χ0) is 13.1. The molecule has 0 radical (unpaired) electrons. The summed E-state index contributed by atoms with van der Waals surface area (Å²) in [6.45, 7) is 4.83. The molecule has 0 saturated heterocycles. The van der Waals surface area contributed by atoms with E-state index >= 15 is 0 Å². The van der Waals surface area contributed by atoms with Crippen LogP contribution in [0.25, 0.3) is 0 Å². The number of hydrogen-bond donors (Lipinski definition) is 2. The Bertz CT molecular complexity index is 443. The summed E-state index contributed by atoms with van der Waals surface area (Å²) < 4.78 is 5.42. The molecule has 0 spiro atoms. The number of carbonyl (C=O) groups excluding carboxylic acids is 1. The Hall–Kier alpha value is -1.55. The van der Waals surface area contributed by atoms with E-state index < -0.39 is 6.04 Å². The highest BCUT2D eigenvalue weighted by atomic mass is 16.5. The van der Waals surface area contributed by atoms with Crippen molar-refractivity contribution >= 4 is 11.6 Å². The van der Waals surface area contributed by atoms with Crippen molar-refractivity contribution in [2.24, 2.45) is 11.7 Å². The minimum absolute atomic E-state index is 0.123. The fourth-order valence-corrected chi connectivity index (χ4v) is 2.11. The van der Waals surface area contributed by atoms with Crippen molar-refractivity contribution in [3.05, 3.63) is 23.8 Å². The number of fused-ring (bicyclic) bond motifs is 1. The molecule has 1 aliphatic heterocycles. The summed E-state index contributed by atoms with van der Waals surface area (Å²) in [5.74, 6) is 1.21. The lowest BCUT2D eigenvalue weighted by Crippen LogP contribution is -2.36. The predicted octanol–water partition coefficient (Wildman–Crippen LogP) is 1.93. The molecule has 1 amide bonds. The number of nitrogens with two attached hydrogens (primary N) is 1. The Balaban J connectivity index is 1.99. The number of benzene rings is 1. The van der Waals surface area contributed by atoms with Crippen LogP contribution in [-0.4, -0.2) is 18.6 Å². The molecular formula is C14H20N2O2. The molecule has 0 aromatic heterocycles. The lowest BCUT2D eigenvalue weighted by molar-refractivity contribution is -0.117. The van der Waals surface area contributed by atoms with Crippen LogP contribution in [0.4, 0.5) is 5.69 Å². The van der Waals surface area contributed by atoms with Gasteiger partial charge in [-0.25, -0.2) is 0 Å². The highest BCUT2D eigenvalue weighted by molar-refractivity contribution is 5.94. The summed E-state index contributed by atoms with van der Waals surface area (Å²) in [4.78, 5) is 11.9. The van der Waals surface area contributed by atoms with E-state index in [0.29, 0.717) is 12.3 Å². The van der Waals surface area contributed by atoms with Crippen molar-refractivity contribution in [2.75, 3.05) is 11.9 Å². The number of rotatable bonds is 4. The molecule has 3 N–H and O–H groups in total. The van der Waals surface area contributed by atoms with Gasteiger partial charge in [0.05, 0.1) is 12.6 Å². The van der Waals surface area contributed by atoms with E-state index in [1.165, 1.54) is 0 Å². The molecule has 4 nitrogen and oxygen atoms in total. The fraction of sp³-hybridized carbons (Fsp3) is 0.500. The van der Waals surface area contributed by atoms with Crippen molar-refractivity contribution in [1.82, 2.24) is 0 Å². The van der Waals surface area contributed by atoms with E-state index in [1.807, 2.05) is 18.2 Å². The molecule has 0 fully saturated rings. The second-order valence-corrected chi connectivity index (χ2v) is 5.15. The Morgan fingerprint density at radius 1 is 1.50 bits per heavy atom. The summed E-state index contributed by atoms with van der Waals surface area (Å²) in [6.07, 6.45) is 1.59. The first-order valence-electron chi connectivity index (χ1n) is 6.38. The van der Waals surface area contributed by atoms with Crippen LogP contribution >= 0.6 is 0 Å². The van der Waals surface area contributed by atoms with Gasteiger partial charge in [0, 0.05) is 12.1 Å². The van der Waals surface area contributed by atoms with Gasteiger partial charge < -0.3 is 15.8 Å². The van der Waals surface area contributed by atoms with Crippen molar-refractivity contribution in [3.63, 3.8) is 0 Å². The average molecular weight is 248 g/mol. The Labute approximate surface area is 108 Å². The topological polar surface area (TPSA) is 64.4 Å². The third kappa shape index (κ3) is 3.01. The second kappa shape index (κ2) is 5.40. The van der Waals surface area contributed by atoms with Crippen LogP contribution < -0.4 is 15.8 Å². The van der Waals surface area contributed by atoms with E-state index in [1.54, 1.807) is 0 Å². The first-order valence-corrected chi connectivity index (χ1v) is 6.38. The van der Waals surface area contributed by atoms with Crippen LogP contribution in [0, 0.1) is 5.92 Å². The molecular weight excluding hydrogens is 228 g/mol. The van der Waals surface area contributed by atoms with Crippen LogP contribution in [0.5, 0.6) is 5.75 Å². The minimum atomic E-state index is -0.450. The zero-order valence-electron chi connectivity index (χ0n) is 10.9. The highest BCUT2D eigenvalue weighted by Crippen LogP contribution is 2.27. The first kappa shape index (κ1) is 12.9. The lowest BCUT2D eigenvalue weighted by Gasteiger charge is -2.14. The van der Waals surface area contributed by atoms with Crippen molar-refractivity contribution in [2.45, 2.75) is 32.7 Å². The fourth-order valence-electron chi connectivity index (χ4n) is 2.11. The van der Waals surface area contributed by atoms with Crippen molar-refractivity contribution in [1.29, 1.82) is 0 Å². The Morgan fingerprint density at radius 2 is 2.28 bits per heavy atom. The molecule has 1 aromatic rings. The van der Waals surface area contributed by atoms with Gasteiger partial charge in [0.25, 0.3) is 0 Å². The first-order chi connectivity index (χ1) is 8.56. The molecule has 0 aliphatic carbocycles. The number of nitrogens with one attached hydrogen (secondary N) is 1. The van der Waals surface area contributed by atoms with Crippen LogP contribution in [0.2, 0.25) is 0 Å². The van der Waals surface area contributed by atoms with E-state index in [4.69, 9.17) is 10.5 Å². The molecule has 4 heteroatoms. The molecule has 0 bridgehead atoms. The molecule has 1 heterocycles. The lowest BCUT2D eigenvalue weighted by atomic mass is 10.0. The monoisotopic (exact) mass is 248 g/mol. The summed E-state index contributed by atoms with van der Waals surface area (Å²) in [5, 5.41) is 2.86. The number of carbonyl (C=O) groups is 1. The van der Waals surface area contributed by atoms with Gasteiger partial charge in [0.2, 0.25) is 5.91 Å². The molecule has 1 aromatic carbocycles. The third-order valence-electron chi connectivity index (χ3n) is 3.02. The highest BCUT2D eigenvalue weighted by Gasteiger charge is 2.17. The summed E-state index contributed by atoms with van der Waals surface area (Å²) >= 11 is 0. The summed E-state index contributed by atoms with van der Waals surface area (Å²) in [7, 11) is 0. The van der Waals surface area contributed by atoms with Crippen LogP contribution in [0.1, 0.15) is 25.8 Å². The second-order valence-electron chi connectivity index (χ2n) is 5.15. The van der Waals surface area contributed by atoms with E-state index in [9.17, 15) is 4.79 Å². The average Bonchev–Trinajstić information content (AvgIpc) is 2.75. The SMILES string of the molecule is CC(C)C[C@@H](N)C(=O)Nc1ccc2c(c1)CCO2. The maximum atomic E-state index is 11.9. The van der Waals surface area contributed by atoms with Gasteiger partial charge in [-0.3, -0.25) is 4.79 Å². The normalized spacial score (nSPS) is 15.1. The van der Waals surface area contributed by atoms with Gasteiger partial charge in [-0.05, 0) is 36.1 Å². The van der Waals surface area contributed by atoms with Crippen molar-refractivity contribution in [3.8, 4) is 5.75 Å². The molecule has 2 rings (SSSR count). The van der Waals surface area contributed by atoms with Gasteiger partial charge in [0.1, 0.15) is 5.75 Å². The summed E-state index contributed by atoms with van der Waals surface area (Å²) in [6, 6.07) is 5.26. The van der Waals surface area contributed by atoms with Crippen LogP contribution in [-0.2, 0) is 11.2 Å². The van der Waals surface area contributed by atoms with Gasteiger partial charge in [-0.2, -0.15) is 0 Å². The number of hydrogen-bond acceptors (Lipinski definition) is 3. The van der Waals surface area contributed by atoms with E-state index in [2.05, 4.69) is 19.2 Å². The molecule has 1 aliphatic rings. The quantitative estimate of drug-likeness (QED) is 0.855. The molecule has 98 valence electrons. The van der Waals surface area contributed by atoms with Gasteiger partial charge in [-0.15, -0.1) is 0 Å². The minimum Gasteiger partial charge on any atom is -0.493 e. The largest absolute Gasteiger partial charge is 0.493 e. The van der Waals surface area contributed by atoms with Crippen molar-refractivity contribution < 1.29 is 9.53 Å². The molecule has 1 atom stereocenters. The predicted molar refractivity (Wildman–Crippen MR) is 71.7 cm³/mol. The number of anilines is 1. The standard InChI is InChI=1S/C14H20N2O2/c1-9(2)7-12(15)14(17)16-11-3-4-13-10(8-11)5-6-18-13/h3-4,8-9,12H,5-7,15H2,1-2H3,(H,16,17)/t12-/m1/s1. The molecule has 0 saturated carbocycles. The van der Waals surface area contributed by atoms with Gasteiger partial charge in [0.15, 0.2) is 0 Å². The maximum Gasteiger partial charge on any atom is 0.241 e. The van der Waals surface area contributed by atoms with E-state index in [0.717, 1.165) is 30.0 Å². The van der Waals surface area contributed by atoms with E-state index in [-0.39, 0.29) is 5.91 Å². The Kier molecular flexibility index (Phi) is 3.87. The molecule has 18 heavy (non-hydrogen) atoms. The van der Waals surface area contributed by atoms with Crippen LogP contribution in [0.15, 0.2) is 18.2 Å². The van der Waals surface area contributed by atoms with Gasteiger partial charge in [-0.1, -0.05) is 13.8 Å². The third-order valence-corrected chi connectivity index (χ3v) is 3.02. The Morgan fingerprint density at radius 3 is 3.00 bits per heavy atom. The smallest absolute Gasteiger partial charge is 0.241 e. The zero-order valence-corrected chi connectivity index (χ0v) is 10.9. The molecule has 0 unspecified atom stereocenters. The summed E-state index contributed by atoms with van der Waals surface area (Å²) in [5.41, 5.74) is 7.78.